The van der Waals surface area contributed by atoms with Crippen LogP contribution in [-0.4, -0.2) is 21.4 Å². The van der Waals surface area contributed by atoms with E-state index < -0.39 is 0 Å². The molecule has 2 unspecified atom stereocenters. The maximum atomic E-state index is 9.52. The fourth-order valence-electron chi connectivity index (χ4n) is 2.92. The van der Waals surface area contributed by atoms with Crippen LogP contribution in [0.25, 0.3) is 0 Å². The predicted octanol–water partition coefficient (Wildman–Crippen LogP) is 2.57. The van der Waals surface area contributed by atoms with Crippen molar-refractivity contribution in [3.63, 3.8) is 0 Å². The van der Waals surface area contributed by atoms with Crippen LogP contribution in [0.4, 0.5) is 0 Å². The SMILES string of the molecule is Cc1cnn(C2CCCC(C#N)(NC(C)C)C2)c1. The number of nitriles is 1. The Morgan fingerprint density at radius 3 is 2.94 bits per heavy atom. The maximum Gasteiger partial charge on any atom is 0.109 e. The first-order valence-electron chi connectivity index (χ1n) is 6.74. The highest BCUT2D eigenvalue weighted by atomic mass is 15.3. The summed E-state index contributed by atoms with van der Waals surface area (Å²) >= 11 is 0. The number of nitrogens with one attached hydrogen (secondary N) is 1. The number of rotatable bonds is 3. The summed E-state index contributed by atoms with van der Waals surface area (Å²) in [7, 11) is 0. The van der Waals surface area contributed by atoms with Crippen molar-refractivity contribution in [2.24, 2.45) is 0 Å². The molecule has 18 heavy (non-hydrogen) atoms. The van der Waals surface area contributed by atoms with E-state index in [0.717, 1.165) is 25.7 Å². The van der Waals surface area contributed by atoms with Crippen LogP contribution < -0.4 is 5.32 Å². The van der Waals surface area contributed by atoms with Gasteiger partial charge in [-0.2, -0.15) is 10.4 Å². The summed E-state index contributed by atoms with van der Waals surface area (Å²) in [5.41, 5.74) is 0.802. The van der Waals surface area contributed by atoms with Crippen molar-refractivity contribution in [3.05, 3.63) is 18.0 Å². The lowest BCUT2D eigenvalue weighted by Crippen LogP contribution is -2.50. The van der Waals surface area contributed by atoms with Crippen molar-refractivity contribution in [2.45, 2.75) is 64.1 Å². The molecule has 0 aromatic carbocycles. The Kier molecular flexibility index (Phi) is 3.72. The zero-order chi connectivity index (χ0) is 13.2. The van der Waals surface area contributed by atoms with Gasteiger partial charge in [0.1, 0.15) is 5.54 Å². The van der Waals surface area contributed by atoms with Gasteiger partial charge in [0.2, 0.25) is 0 Å². The van der Waals surface area contributed by atoms with Crippen molar-refractivity contribution in [2.75, 3.05) is 0 Å². The van der Waals surface area contributed by atoms with E-state index >= 15 is 0 Å². The number of aromatic nitrogens is 2. The average Bonchev–Trinajstić information content (AvgIpc) is 2.75. The zero-order valence-electron chi connectivity index (χ0n) is 11.5. The van der Waals surface area contributed by atoms with Gasteiger partial charge in [-0.15, -0.1) is 0 Å². The average molecular weight is 246 g/mol. The van der Waals surface area contributed by atoms with Gasteiger partial charge < -0.3 is 0 Å². The quantitative estimate of drug-likeness (QED) is 0.891. The molecular weight excluding hydrogens is 224 g/mol. The summed E-state index contributed by atoms with van der Waals surface area (Å²) in [5.74, 6) is 0. The third kappa shape index (κ3) is 2.73. The molecule has 2 atom stereocenters. The summed E-state index contributed by atoms with van der Waals surface area (Å²) in [4.78, 5) is 0. The standard InChI is InChI=1S/C14H22N4/c1-11(2)17-14(10-15)6-4-5-13(7-14)18-9-12(3)8-16-18/h8-9,11,13,17H,4-7H2,1-3H3. The first kappa shape index (κ1) is 13.1. The molecule has 1 aromatic rings. The third-order valence-electron chi connectivity index (χ3n) is 3.61. The lowest BCUT2D eigenvalue weighted by Gasteiger charge is -2.37. The Bertz CT molecular complexity index is 443. The topological polar surface area (TPSA) is 53.6 Å². The van der Waals surface area contributed by atoms with Crippen molar-refractivity contribution in [1.82, 2.24) is 15.1 Å². The first-order valence-corrected chi connectivity index (χ1v) is 6.74. The van der Waals surface area contributed by atoms with Crippen LogP contribution in [0.5, 0.6) is 0 Å². The Morgan fingerprint density at radius 2 is 2.39 bits per heavy atom. The van der Waals surface area contributed by atoms with Gasteiger partial charge in [0.15, 0.2) is 0 Å². The van der Waals surface area contributed by atoms with E-state index in [-0.39, 0.29) is 5.54 Å². The minimum Gasteiger partial charge on any atom is -0.297 e. The molecule has 1 aliphatic carbocycles. The Balaban J connectivity index is 2.14. The fraction of sp³-hybridized carbons (Fsp3) is 0.714. The molecular formula is C14H22N4. The van der Waals surface area contributed by atoms with Gasteiger partial charge in [0, 0.05) is 18.7 Å². The van der Waals surface area contributed by atoms with Crippen LogP contribution in [0.1, 0.15) is 51.1 Å². The summed E-state index contributed by atoms with van der Waals surface area (Å²) in [5, 5.41) is 17.4. The molecule has 4 heteroatoms. The van der Waals surface area contributed by atoms with Crippen LogP contribution in [0.2, 0.25) is 0 Å². The minimum absolute atomic E-state index is 0.336. The van der Waals surface area contributed by atoms with Gasteiger partial charge in [-0.25, -0.2) is 0 Å². The molecule has 1 aliphatic rings. The molecule has 0 radical (unpaired) electrons. The normalized spacial score (nSPS) is 28.3. The highest BCUT2D eigenvalue weighted by Gasteiger charge is 2.37. The lowest BCUT2D eigenvalue weighted by molar-refractivity contribution is 0.209. The summed E-state index contributed by atoms with van der Waals surface area (Å²) in [6, 6.07) is 3.18. The van der Waals surface area contributed by atoms with E-state index in [4.69, 9.17) is 0 Å². The first-order chi connectivity index (χ1) is 8.54. The Labute approximate surface area is 109 Å². The van der Waals surface area contributed by atoms with E-state index in [9.17, 15) is 5.26 Å². The van der Waals surface area contributed by atoms with Gasteiger partial charge in [-0.3, -0.25) is 10.00 Å². The molecule has 2 rings (SSSR count). The fourth-order valence-corrected chi connectivity index (χ4v) is 2.92. The van der Waals surface area contributed by atoms with Crippen molar-refractivity contribution >= 4 is 0 Å². The predicted molar refractivity (Wildman–Crippen MR) is 71.1 cm³/mol. The van der Waals surface area contributed by atoms with Gasteiger partial charge in [-0.05, 0) is 45.6 Å². The number of hydrogen-bond donors (Lipinski definition) is 1. The molecule has 1 fully saturated rings. The zero-order valence-corrected chi connectivity index (χ0v) is 11.5. The van der Waals surface area contributed by atoms with Crippen molar-refractivity contribution < 1.29 is 0 Å². The highest BCUT2D eigenvalue weighted by Crippen LogP contribution is 2.35. The van der Waals surface area contributed by atoms with Crippen molar-refractivity contribution in [3.8, 4) is 6.07 Å². The summed E-state index contributed by atoms with van der Waals surface area (Å²) < 4.78 is 2.03. The molecule has 0 bridgehead atoms. The molecule has 1 aromatic heterocycles. The number of aryl methyl sites for hydroxylation is 1. The molecule has 0 spiro atoms. The van der Waals surface area contributed by atoms with Crippen LogP contribution >= 0.6 is 0 Å². The van der Waals surface area contributed by atoms with Gasteiger partial charge >= 0.3 is 0 Å². The maximum absolute atomic E-state index is 9.52. The van der Waals surface area contributed by atoms with Crippen molar-refractivity contribution in [1.29, 1.82) is 5.26 Å². The summed E-state index contributed by atoms with van der Waals surface area (Å²) in [6.07, 6.45) is 7.95. The monoisotopic (exact) mass is 246 g/mol. The number of hydrogen-bond acceptors (Lipinski definition) is 3. The largest absolute Gasteiger partial charge is 0.297 e. The third-order valence-corrected chi connectivity index (χ3v) is 3.61. The highest BCUT2D eigenvalue weighted by molar-refractivity contribution is 5.12. The minimum atomic E-state index is -0.378. The van der Waals surface area contributed by atoms with E-state index in [1.165, 1.54) is 5.56 Å². The second-order valence-corrected chi connectivity index (χ2v) is 5.74. The molecule has 1 saturated carbocycles. The Hall–Kier alpha value is -1.34. The lowest BCUT2D eigenvalue weighted by atomic mass is 9.79. The van der Waals surface area contributed by atoms with E-state index in [1.54, 1.807) is 0 Å². The number of nitrogens with zero attached hydrogens (tertiary/aromatic N) is 3. The molecule has 1 heterocycles. The van der Waals surface area contributed by atoms with Gasteiger partial charge in [0.25, 0.3) is 0 Å². The Morgan fingerprint density at radius 1 is 1.61 bits per heavy atom. The molecule has 4 nitrogen and oxygen atoms in total. The molecule has 0 saturated heterocycles. The molecule has 0 aliphatic heterocycles. The van der Waals surface area contributed by atoms with Crippen LogP contribution in [-0.2, 0) is 0 Å². The van der Waals surface area contributed by atoms with E-state index in [0.29, 0.717) is 12.1 Å². The van der Waals surface area contributed by atoms with Crippen LogP contribution in [0.3, 0.4) is 0 Å². The van der Waals surface area contributed by atoms with E-state index in [2.05, 4.69) is 43.5 Å². The van der Waals surface area contributed by atoms with Gasteiger partial charge in [-0.1, -0.05) is 0 Å². The second-order valence-electron chi connectivity index (χ2n) is 5.74. The van der Waals surface area contributed by atoms with E-state index in [1.807, 2.05) is 10.9 Å². The van der Waals surface area contributed by atoms with Crippen LogP contribution in [0.15, 0.2) is 12.4 Å². The van der Waals surface area contributed by atoms with Crippen LogP contribution in [0, 0.1) is 18.3 Å². The van der Waals surface area contributed by atoms with Gasteiger partial charge in [0.05, 0.1) is 18.3 Å². The molecule has 0 amide bonds. The molecule has 1 N–H and O–H groups in total. The summed E-state index contributed by atoms with van der Waals surface area (Å²) in [6.45, 7) is 6.25. The smallest absolute Gasteiger partial charge is 0.109 e. The second kappa shape index (κ2) is 5.11. The molecule has 98 valence electrons.